The third-order valence-corrected chi connectivity index (χ3v) is 3.57. The number of hydrogen-bond acceptors (Lipinski definition) is 1. The average Bonchev–Trinajstić information content (AvgIpc) is 2.44. The average molecular weight is 326 g/mol. The molecule has 1 aromatic carbocycles. The van der Waals surface area contributed by atoms with Gasteiger partial charge in [-0.25, -0.2) is 0 Å². The number of nitrogens with one attached hydrogen (secondary N) is 1. The number of halogens is 2. The van der Waals surface area contributed by atoms with Crippen molar-refractivity contribution in [2.75, 3.05) is 6.54 Å². The number of benzene rings is 1. The van der Waals surface area contributed by atoms with Gasteiger partial charge in [0.1, 0.15) is 0 Å². The first kappa shape index (κ1) is 17.8. The molecule has 1 amide bonds. The van der Waals surface area contributed by atoms with E-state index >= 15 is 0 Å². The highest BCUT2D eigenvalue weighted by atomic mass is 35.5. The van der Waals surface area contributed by atoms with E-state index in [1.54, 1.807) is 12.1 Å². The van der Waals surface area contributed by atoms with Crippen molar-refractivity contribution in [1.29, 1.82) is 0 Å². The number of allylic oxidation sites excluding steroid dienone is 2. The van der Waals surface area contributed by atoms with Crippen LogP contribution in [0.2, 0.25) is 10.0 Å². The van der Waals surface area contributed by atoms with Crippen LogP contribution in [-0.2, 0) is 4.79 Å². The third-order valence-electron chi connectivity index (χ3n) is 2.73. The Morgan fingerprint density at radius 3 is 2.67 bits per heavy atom. The second kappa shape index (κ2) is 9.64. The van der Waals surface area contributed by atoms with E-state index in [0.717, 1.165) is 18.4 Å². The lowest BCUT2D eigenvalue weighted by atomic mass is 10.2. The molecule has 0 atom stereocenters. The molecule has 1 aromatic rings. The maximum Gasteiger partial charge on any atom is 0.243 e. The Morgan fingerprint density at radius 1 is 1.24 bits per heavy atom. The first-order chi connectivity index (χ1) is 10.0. The Bertz CT molecular complexity index is 522. The summed E-state index contributed by atoms with van der Waals surface area (Å²) in [5, 5.41) is 3.96. The molecular formula is C17H21Cl2NO. The van der Waals surface area contributed by atoms with E-state index in [-0.39, 0.29) is 5.91 Å². The monoisotopic (exact) mass is 325 g/mol. The lowest BCUT2D eigenvalue weighted by Gasteiger charge is -2.04. The molecule has 0 radical (unpaired) electrons. The van der Waals surface area contributed by atoms with Crippen LogP contribution in [0.25, 0.3) is 6.08 Å². The van der Waals surface area contributed by atoms with Gasteiger partial charge in [-0.15, -0.1) is 0 Å². The predicted molar refractivity (Wildman–Crippen MR) is 91.7 cm³/mol. The number of amides is 1. The Labute approximate surface area is 136 Å². The number of carbonyl (C=O) groups excluding carboxylic acids is 1. The topological polar surface area (TPSA) is 29.1 Å². The van der Waals surface area contributed by atoms with Crippen LogP contribution >= 0.6 is 23.2 Å². The first-order valence-corrected chi connectivity index (χ1v) is 7.81. The van der Waals surface area contributed by atoms with Gasteiger partial charge < -0.3 is 5.32 Å². The van der Waals surface area contributed by atoms with Crippen LogP contribution in [0.1, 0.15) is 32.3 Å². The SMILES string of the molecule is CC(C)CNC(=O)C=CCCC=Cc1cccc(Cl)c1Cl. The molecule has 2 nitrogen and oxygen atoms in total. The van der Waals surface area contributed by atoms with Crippen molar-refractivity contribution in [2.24, 2.45) is 5.92 Å². The fourth-order valence-corrected chi connectivity index (χ4v) is 1.98. The minimum absolute atomic E-state index is 0.0365. The molecule has 0 saturated carbocycles. The van der Waals surface area contributed by atoms with Crippen LogP contribution < -0.4 is 5.32 Å². The molecule has 0 bridgehead atoms. The molecule has 0 fully saturated rings. The summed E-state index contributed by atoms with van der Waals surface area (Å²) in [6.07, 6.45) is 9.08. The normalized spacial score (nSPS) is 11.7. The second-order valence-corrected chi connectivity index (χ2v) is 5.95. The largest absolute Gasteiger partial charge is 0.352 e. The maximum absolute atomic E-state index is 11.4. The summed E-state index contributed by atoms with van der Waals surface area (Å²) in [6, 6.07) is 5.55. The van der Waals surface area contributed by atoms with E-state index in [9.17, 15) is 4.79 Å². The molecule has 21 heavy (non-hydrogen) atoms. The Morgan fingerprint density at radius 2 is 1.95 bits per heavy atom. The molecule has 0 heterocycles. The van der Waals surface area contributed by atoms with Crippen molar-refractivity contribution in [3.63, 3.8) is 0 Å². The standard InChI is InChI=1S/C17H21Cl2NO/c1-13(2)12-20-16(21)11-6-4-3-5-8-14-9-7-10-15(18)17(14)19/h5-11,13H,3-4,12H2,1-2H3,(H,20,21). The first-order valence-electron chi connectivity index (χ1n) is 7.05. The third kappa shape index (κ3) is 7.35. The summed E-state index contributed by atoms with van der Waals surface area (Å²) in [6.45, 7) is 4.84. The zero-order valence-corrected chi connectivity index (χ0v) is 13.9. The van der Waals surface area contributed by atoms with Gasteiger partial charge in [0.05, 0.1) is 10.0 Å². The summed E-state index contributed by atoms with van der Waals surface area (Å²) in [4.78, 5) is 11.4. The van der Waals surface area contributed by atoms with Gasteiger partial charge in [-0.05, 0) is 36.5 Å². The fraction of sp³-hybridized carbons (Fsp3) is 0.353. The molecule has 0 aliphatic carbocycles. The summed E-state index contributed by atoms with van der Waals surface area (Å²) >= 11 is 12.0. The number of hydrogen-bond donors (Lipinski definition) is 1. The maximum atomic E-state index is 11.4. The highest BCUT2D eigenvalue weighted by Crippen LogP contribution is 2.26. The second-order valence-electron chi connectivity index (χ2n) is 5.16. The van der Waals surface area contributed by atoms with Crippen molar-refractivity contribution in [1.82, 2.24) is 5.32 Å². The van der Waals surface area contributed by atoms with E-state index in [2.05, 4.69) is 19.2 Å². The van der Waals surface area contributed by atoms with Crippen LogP contribution in [0.3, 0.4) is 0 Å². The van der Waals surface area contributed by atoms with E-state index < -0.39 is 0 Å². The van der Waals surface area contributed by atoms with Gasteiger partial charge in [0.2, 0.25) is 5.91 Å². The molecule has 1 N–H and O–H groups in total. The number of carbonyl (C=O) groups is 1. The van der Waals surface area contributed by atoms with Gasteiger partial charge in [-0.2, -0.15) is 0 Å². The summed E-state index contributed by atoms with van der Waals surface area (Å²) < 4.78 is 0. The van der Waals surface area contributed by atoms with Gasteiger partial charge in [0.25, 0.3) is 0 Å². The van der Waals surface area contributed by atoms with Gasteiger partial charge in [0.15, 0.2) is 0 Å². The molecule has 0 aliphatic rings. The van der Waals surface area contributed by atoms with Gasteiger partial charge in [-0.1, -0.05) is 67.4 Å². The highest BCUT2D eigenvalue weighted by molar-refractivity contribution is 6.42. The summed E-state index contributed by atoms with van der Waals surface area (Å²) in [7, 11) is 0. The molecule has 0 aromatic heterocycles. The summed E-state index contributed by atoms with van der Waals surface area (Å²) in [5.74, 6) is 0.429. The molecule has 1 rings (SSSR count). The van der Waals surface area contributed by atoms with E-state index in [4.69, 9.17) is 23.2 Å². The zero-order valence-electron chi connectivity index (χ0n) is 12.4. The molecule has 4 heteroatoms. The molecule has 0 unspecified atom stereocenters. The number of rotatable bonds is 7. The molecule has 0 spiro atoms. The van der Waals surface area contributed by atoms with Gasteiger partial charge in [-0.3, -0.25) is 4.79 Å². The molecule has 0 aliphatic heterocycles. The van der Waals surface area contributed by atoms with Crippen molar-refractivity contribution in [2.45, 2.75) is 26.7 Å². The molecule has 114 valence electrons. The van der Waals surface area contributed by atoms with Crippen molar-refractivity contribution in [3.05, 3.63) is 52.0 Å². The summed E-state index contributed by atoms with van der Waals surface area (Å²) in [5.41, 5.74) is 0.905. The molecule has 0 saturated heterocycles. The molecular weight excluding hydrogens is 305 g/mol. The van der Waals surface area contributed by atoms with Crippen molar-refractivity contribution < 1.29 is 4.79 Å². The Balaban J connectivity index is 2.32. The van der Waals surface area contributed by atoms with Crippen LogP contribution in [0.15, 0.2) is 36.4 Å². The Kier molecular flexibility index (Phi) is 8.17. The zero-order chi connectivity index (χ0) is 15.7. The van der Waals surface area contributed by atoms with Gasteiger partial charge >= 0.3 is 0 Å². The predicted octanol–water partition coefficient (Wildman–Crippen LogP) is 5.12. The van der Waals surface area contributed by atoms with E-state index in [1.807, 2.05) is 30.4 Å². The lowest BCUT2D eigenvalue weighted by Crippen LogP contribution is -2.25. The quantitative estimate of drug-likeness (QED) is 0.547. The van der Waals surface area contributed by atoms with E-state index in [0.29, 0.717) is 22.5 Å². The van der Waals surface area contributed by atoms with Crippen LogP contribution in [0, 0.1) is 5.92 Å². The smallest absolute Gasteiger partial charge is 0.243 e. The van der Waals surface area contributed by atoms with Gasteiger partial charge in [0, 0.05) is 6.54 Å². The minimum Gasteiger partial charge on any atom is -0.352 e. The van der Waals surface area contributed by atoms with Crippen LogP contribution in [-0.4, -0.2) is 12.5 Å². The minimum atomic E-state index is -0.0365. The van der Waals surface area contributed by atoms with Crippen LogP contribution in [0.4, 0.5) is 0 Å². The lowest BCUT2D eigenvalue weighted by molar-refractivity contribution is -0.116. The van der Waals surface area contributed by atoms with Crippen molar-refractivity contribution >= 4 is 35.2 Å². The number of unbranched alkanes of at least 4 members (excludes halogenated alkanes) is 1. The van der Waals surface area contributed by atoms with Crippen LogP contribution in [0.5, 0.6) is 0 Å². The van der Waals surface area contributed by atoms with Crippen molar-refractivity contribution in [3.8, 4) is 0 Å². The van der Waals surface area contributed by atoms with E-state index in [1.165, 1.54) is 0 Å². The highest BCUT2D eigenvalue weighted by Gasteiger charge is 2.00. The fourth-order valence-electron chi connectivity index (χ4n) is 1.61. The Hall–Kier alpha value is -1.25.